The molecule has 1 N–H and O–H groups in total. The van der Waals surface area contributed by atoms with Gasteiger partial charge in [-0.3, -0.25) is 4.98 Å². The molecule has 0 spiro atoms. The summed E-state index contributed by atoms with van der Waals surface area (Å²) >= 11 is 0. The predicted octanol–water partition coefficient (Wildman–Crippen LogP) is 3.09. The van der Waals surface area contributed by atoms with Crippen molar-refractivity contribution in [3.63, 3.8) is 0 Å². The average molecular weight is 266 g/mol. The van der Waals surface area contributed by atoms with Crippen LogP contribution in [0.15, 0.2) is 48.8 Å². The normalized spacial score (nSPS) is 10.8. The van der Waals surface area contributed by atoms with Crippen molar-refractivity contribution in [1.29, 1.82) is 0 Å². The third-order valence-corrected chi connectivity index (χ3v) is 3.49. The lowest BCUT2D eigenvalue weighted by atomic mass is 10.1. The third-order valence-electron chi connectivity index (χ3n) is 3.49. The number of carboxylic acids is 1. The molecule has 4 nitrogen and oxygen atoms in total. The molecule has 0 atom stereocenters. The highest BCUT2D eigenvalue weighted by molar-refractivity contribution is 5.94. The molecule has 20 heavy (non-hydrogen) atoms. The van der Waals surface area contributed by atoms with Crippen molar-refractivity contribution < 1.29 is 9.90 Å². The number of aromatic carboxylic acids is 1. The van der Waals surface area contributed by atoms with E-state index in [1.165, 1.54) is 0 Å². The number of hydrogen-bond acceptors (Lipinski definition) is 2. The van der Waals surface area contributed by atoms with Crippen molar-refractivity contribution in [2.24, 2.45) is 0 Å². The van der Waals surface area contributed by atoms with Gasteiger partial charge in [0, 0.05) is 29.8 Å². The van der Waals surface area contributed by atoms with E-state index in [0.29, 0.717) is 12.2 Å². The van der Waals surface area contributed by atoms with E-state index in [1.54, 1.807) is 18.5 Å². The van der Waals surface area contributed by atoms with Crippen molar-refractivity contribution in [3.05, 3.63) is 65.6 Å². The molecular weight excluding hydrogens is 252 g/mol. The highest BCUT2D eigenvalue weighted by Crippen LogP contribution is 2.22. The van der Waals surface area contributed by atoms with Gasteiger partial charge >= 0.3 is 5.97 Å². The fourth-order valence-electron chi connectivity index (χ4n) is 2.41. The van der Waals surface area contributed by atoms with Crippen LogP contribution in [0.1, 0.15) is 21.6 Å². The summed E-state index contributed by atoms with van der Waals surface area (Å²) in [5.41, 5.74) is 3.37. The fraction of sp³-hybridized carbons (Fsp3) is 0.125. The molecule has 3 aromatic rings. The Kier molecular flexibility index (Phi) is 2.99. The monoisotopic (exact) mass is 266 g/mol. The first-order valence-corrected chi connectivity index (χ1v) is 6.38. The Bertz CT molecular complexity index is 790. The van der Waals surface area contributed by atoms with Gasteiger partial charge in [-0.2, -0.15) is 0 Å². The SMILES string of the molecule is Cc1cnccc1Cn1c(C(=O)O)cc2ccccc21. The predicted molar refractivity (Wildman–Crippen MR) is 77.0 cm³/mol. The maximum atomic E-state index is 11.4. The zero-order valence-electron chi connectivity index (χ0n) is 11.1. The molecule has 3 rings (SSSR count). The summed E-state index contributed by atoms with van der Waals surface area (Å²) in [6, 6.07) is 11.3. The van der Waals surface area contributed by atoms with E-state index in [9.17, 15) is 9.90 Å². The van der Waals surface area contributed by atoms with Gasteiger partial charge in [0.15, 0.2) is 0 Å². The minimum Gasteiger partial charge on any atom is -0.477 e. The molecule has 0 aliphatic rings. The summed E-state index contributed by atoms with van der Waals surface area (Å²) in [6.45, 7) is 2.51. The molecule has 1 aromatic carbocycles. The molecule has 0 aliphatic carbocycles. The van der Waals surface area contributed by atoms with Gasteiger partial charge in [0.05, 0.1) is 0 Å². The Labute approximate surface area is 116 Å². The van der Waals surface area contributed by atoms with Crippen LogP contribution in [-0.4, -0.2) is 20.6 Å². The van der Waals surface area contributed by atoms with E-state index in [2.05, 4.69) is 4.98 Å². The molecule has 0 saturated heterocycles. The summed E-state index contributed by atoms with van der Waals surface area (Å²) in [7, 11) is 0. The van der Waals surface area contributed by atoms with Crippen LogP contribution in [0.5, 0.6) is 0 Å². The Morgan fingerprint density at radius 3 is 2.85 bits per heavy atom. The molecule has 0 unspecified atom stereocenters. The van der Waals surface area contributed by atoms with Gasteiger partial charge in [0.2, 0.25) is 0 Å². The number of pyridine rings is 1. The maximum Gasteiger partial charge on any atom is 0.352 e. The topological polar surface area (TPSA) is 55.1 Å². The lowest BCUT2D eigenvalue weighted by molar-refractivity contribution is 0.0686. The standard InChI is InChI=1S/C16H14N2O2/c1-11-9-17-7-6-13(11)10-18-14-5-3-2-4-12(14)8-15(18)16(19)20/h2-9H,10H2,1H3,(H,19,20). The number of aromatic nitrogens is 2. The number of aryl methyl sites for hydroxylation is 1. The van der Waals surface area contributed by atoms with E-state index in [4.69, 9.17) is 0 Å². The van der Waals surface area contributed by atoms with Crippen LogP contribution in [0.4, 0.5) is 0 Å². The highest BCUT2D eigenvalue weighted by Gasteiger charge is 2.15. The number of para-hydroxylation sites is 1. The molecular formula is C16H14N2O2. The van der Waals surface area contributed by atoms with Crippen molar-refractivity contribution in [2.75, 3.05) is 0 Å². The molecule has 2 aromatic heterocycles. The second kappa shape index (κ2) is 4.81. The highest BCUT2D eigenvalue weighted by atomic mass is 16.4. The zero-order chi connectivity index (χ0) is 14.1. The van der Waals surface area contributed by atoms with Crippen LogP contribution in [0.25, 0.3) is 10.9 Å². The Morgan fingerprint density at radius 1 is 1.30 bits per heavy atom. The summed E-state index contributed by atoms with van der Waals surface area (Å²) in [5.74, 6) is -0.909. The van der Waals surface area contributed by atoms with E-state index < -0.39 is 5.97 Å². The average Bonchev–Trinajstić information content (AvgIpc) is 2.81. The van der Waals surface area contributed by atoms with Crippen LogP contribution < -0.4 is 0 Å². The van der Waals surface area contributed by atoms with E-state index in [0.717, 1.165) is 22.0 Å². The smallest absolute Gasteiger partial charge is 0.352 e. The maximum absolute atomic E-state index is 11.4. The number of fused-ring (bicyclic) bond motifs is 1. The van der Waals surface area contributed by atoms with Crippen LogP contribution in [0.3, 0.4) is 0 Å². The molecule has 0 bridgehead atoms. The Balaban J connectivity index is 2.17. The number of carbonyl (C=O) groups is 1. The van der Waals surface area contributed by atoms with Crippen LogP contribution >= 0.6 is 0 Å². The van der Waals surface area contributed by atoms with Gasteiger partial charge < -0.3 is 9.67 Å². The molecule has 4 heteroatoms. The molecule has 100 valence electrons. The first-order chi connectivity index (χ1) is 9.66. The summed E-state index contributed by atoms with van der Waals surface area (Å²) in [4.78, 5) is 15.5. The third kappa shape index (κ3) is 2.05. The zero-order valence-corrected chi connectivity index (χ0v) is 11.1. The lowest BCUT2D eigenvalue weighted by Crippen LogP contribution is -2.10. The molecule has 0 saturated carbocycles. The number of nitrogens with zero attached hydrogens (tertiary/aromatic N) is 2. The Hall–Kier alpha value is -2.62. The van der Waals surface area contributed by atoms with Crippen molar-refractivity contribution in [1.82, 2.24) is 9.55 Å². The summed E-state index contributed by atoms with van der Waals surface area (Å²) in [5, 5.41) is 10.3. The molecule has 0 amide bonds. The Morgan fingerprint density at radius 2 is 2.10 bits per heavy atom. The fourth-order valence-corrected chi connectivity index (χ4v) is 2.41. The van der Waals surface area contributed by atoms with Gasteiger partial charge in [0.1, 0.15) is 5.69 Å². The first-order valence-electron chi connectivity index (χ1n) is 6.38. The van der Waals surface area contributed by atoms with Crippen LogP contribution in [-0.2, 0) is 6.54 Å². The van der Waals surface area contributed by atoms with Crippen molar-refractivity contribution in [3.8, 4) is 0 Å². The van der Waals surface area contributed by atoms with Crippen LogP contribution in [0, 0.1) is 6.92 Å². The molecule has 2 heterocycles. The number of rotatable bonds is 3. The minimum absolute atomic E-state index is 0.308. The van der Waals surface area contributed by atoms with Crippen LogP contribution in [0.2, 0.25) is 0 Å². The minimum atomic E-state index is -0.909. The summed E-state index contributed by atoms with van der Waals surface area (Å²) < 4.78 is 1.83. The van der Waals surface area contributed by atoms with Gasteiger partial charge in [-0.05, 0) is 36.2 Å². The van der Waals surface area contributed by atoms with Gasteiger partial charge in [-0.15, -0.1) is 0 Å². The van der Waals surface area contributed by atoms with Crippen molar-refractivity contribution in [2.45, 2.75) is 13.5 Å². The quantitative estimate of drug-likeness (QED) is 0.792. The van der Waals surface area contributed by atoms with E-state index >= 15 is 0 Å². The first kappa shape index (κ1) is 12.4. The molecule has 0 radical (unpaired) electrons. The second-order valence-corrected chi connectivity index (χ2v) is 4.78. The van der Waals surface area contributed by atoms with E-state index in [1.807, 2.05) is 41.8 Å². The molecule has 0 aliphatic heterocycles. The number of benzene rings is 1. The number of hydrogen-bond donors (Lipinski definition) is 1. The summed E-state index contributed by atoms with van der Waals surface area (Å²) in [6.07, 6.45) is 3.52. The second-order valence-electron chi connectivity index (χ2n) is 4.78. The van der Waals surface area contributed by atoms with Gasteiger partial charge in [-0.1, -0.05) is 18.2 Å². The largest absolute Gasteiger partial charge is 0.477 e. The van der Waals surface area contributed by atoms with Gasteiger partial charge in [-0.25, -0.2) is 4.79 Å². The van der Waals surface area contributed by atoms with Crippen molar-refractivity contribution >= 4 is 16.9 Å². The number of carboxylic acid groups (broad SMARTS) is 1. The molecule has 0 fully saturated rings. The lowest BCUT2D eigenvalue weighted by Gasteiger charge is -2.10. The van der Waals surface area contributed by atoms with E-state index in [-0.39, 0.29) is 0 Å². The van der Waals surface area contributed by atoms with Gasteiger partial charge in [0.25, 0.3) is 0 Å².